The SMILES string of the molecule is CCOc1ccc(Cl)cc1S(=O)(=O)N1CCC(C(=O)N(CC)CC)CC1. The number of ether oxygens (including phenoxy) is 1. The van der Waals surface area contributed by atoms with Crippen molar-refractivity contribution in [2.75, 3.05) is 32.8 Å². The van der Waals surface area contributed by atoms with Gasteiger partial charge in [0.05, 0.1) is 6.61 Å². The fourth-order valence-corrected chi connectivity index (χ4v) is 5.10. The third kappa shape index (κ3) is 4.50. The van der Waals surface area contributed by atoms with Gasteiger partial charge in [0.15, 0.2) is 0 Å². The highest BCUT2D eigenvalue weighted by atomic mass is 35.5. The van der Waals surface area contributed by atoms with Gasteiger partial charge in [-0.2, -0.15) is 4.31 Å². The average molecular weight is 403 g/mol. The molecule has 1 aliphatic rings. The van der Waals surface area contributed by atoms with Crippen molar-refractivity contribution in [3.05, 3.63) is 23.2 Å². The number of hydrogen-bond donors (Lipinski definition) is 0. The van der Waals surface area contributed by atoms with Gasteiger partial charge < -0.3 is 9.64 Å². The minimum atomic E-state index is -3.72. The molecule has 0 aromatic heterocycles. The molecule has 0 radical (unpaired) electrons. The van der Waals surface area contributed by atoms with Crippen molar-refractivity contribution >= 4 is 27.5 Å². The summed E-state index contributed by atoms with van der Waals surface area (Å²) in [5, 5.41) is 0.346. The quantitative estimate of drug-likeness (QED) is 0.703. The Kier molecular flexibility index (Phi) is 7.32. The molecule has 0 atom stereocenters. The van der Waals surface area contributed by atoms with Crippen molar-refractivity contribution in [3.63, 3.8) is 0 Å². The summed E-state index contributed by atoms with van der Waals surface area (Å²) < 4.78 is 33.0. The number of nitrogens with zero attached hydrogens (tertiary/aromatic N) is 2. The minimum Gasteiger partial charge on any atom is -0.492 e. The van der Waals surface area contributed by atoms with Gasteiger partial charge in [0.2, 0.25) is 15.9 Å². The number of amides is 1. The standard InChI is InChI=1S/C18H27ClN2O4S/c1-4-20(5-2)18(22)14-9-11-21(12-10-14)26(23,24)17-13-15(19)7-8-16(17)25-6-3/h7-8,13-14H,4-6,9-12H2,1-3H3. The van der Waals surface area contributed by atoms with Crippen LogP contribution in [0.5, 0.6) is 5.75 Å². The van der Waals surface area contributed by atoms with Crippen molar-refractivity contribution in [2.45, 2.75) is 38.5 Å². The van der Waals surface area contributed by atoms with Gasteiger partial charge in [0.1, 0.15) is 10.6 Å². The van der Waals surface area contributed by atoms with Gasteiger partial charge >= 0.3 is 0 Å². The van der Waals surface area contributed by atoms with Crippen LogP contribution in [0.2, 0.25) is 5.02 Å². The first-order chi connectivity index (χ1) is 12.3. The normalized spacial score (nSPS) is 16.5. The van der Waals surface area contributed by atoms with E-state index in [4.69, 9.17) is 16.3 Å². The van der Waals surface area contributed by atoms with Crippen LogP contribution in [-0.2, 0) is 14.8 Å². The van der Waals surface area contributed by atoms with Crippen molar-refractivity contribution in [3.8, 4) is 5.75 Å². The van der Waals surface area contributed by atoms with Gasteiger partial charge in [0, 0.05) is 37.1 Å². The Balaban J connectivity index is 2.16. The molecule has 1 aromatic carbocycles. The van der Waals surface area contributed by atoms with Crippen molar-refractivity contribution in [2.24, 2.45) is 5.92 Å². The molecular formula is C18H27ClN2O4S. The van der Waals surface area contributed by atoms with Gasteiger partial charge in [0.25, 0.3) is 0 Å². The Hall–Kier alpha value is -1.31. The number of halogens is 1. The summed E-state index contributed by atoms with van der Waals surface area (Å²) in [6, 6.07) is 4.62. The van der Waals surface area contributed by atoms with Crippen molar-refractivity contribution < 1.29 is 17.9 Å². The molecule has 1 aromatic rings. The smallest absolute Gasteiger partial charge is 0.246 e. The molecule has 0 N–H and O–H groups in total. The molecule has 0 unspecified atom stereocenters. The third-order valence-electron chi connectivity index (χ3n) is 4.70. The summed E-state index contributed by atoms with van der Waals surface area (Å²) in [6.45, 7) is 8.06. The maximum atomic E-state index is 13.0. The Labute approximate surface area is 161 Å². The van der Waals surface area contributed by atoms with Crippen LogP contribution in [0.1, 0.15) is 33.6 Å². The van der Waals surface area contributed by atoms with E-state index in [-0.39, 0.29) is 16.7 Å². The number of piperidine rings is 1. The number of carbonyl (C=O) groups excluding carboxylic acids is 1. The van der Waals surface area contributed by atoms with E-state index in [2.05, 4.69) is 0 Å². The van der Waals surface area contributed by atoms with Crippen LogP contribution in [0, 0.1) is 5.92 Å². The summed E-state index contributed by atoms with van der Waals surface area (Å²) in [5.74, 6) is 0.301. The van der Waals surface area contributed by atoms with Gasteiger partial charge in [-0.25, -0.2) is 8.42 Å². The van der Waals surface area contributed by atoms with Crippen molar-refractivity contribution in [1.82, 2.24) is 9.21 Å². The van der Waals surface area contributed by atoms with E-state index in [1.54, 1.807) is 24.0 Å². The molecular weight excluding hydrogens is 376 g/mol. The Bertz CT molecular complexity index is 727. The molecule has 0 bridgehead atoms. The van der Waals surface area contributed by atoms with Crippen LogP contribution in [0.25, 0.3) is 0 Å². The fraction of sp³-hybridized carbons (Fsp3) is 0.611. The van der Waals surface area contributed by atoms with Crippen LogP contribution in [-0.4, -0.2) is 56.3 Å². The number of carbonyl (C=O) groups is 1. The topological polar surface area (TPSA) is 66.9 Å². The lowest BCUT2D eigenvalue weighted by atomic mass is 9.96. The van der Waals surface area contributed by atoms with E-state index in [0.717, 1.165) is 0 Å². The number of rotatable bonds is 7. The molecule has 0 spiro atoms. The lowest BCUT2D eigenvalue weighted by Gasteiger charge is -2.33. The zero-order chi connectivity index (χ0) is 19.3. The zero-order valence-electron chi connectivity index (χ0n) is 15.6. The number of benzene rings is 1. The van der Waals surface area contributed by atoms with Gasteiger partial charge in [-0.3, -0.25) is 4.79 Å². The van der Waals surface area contributed by atoms with Gasteiger partial charge in [-0.05, 0) is 51.8 Å². The van der Waals surface area contributed by atoms with E-state index in [1.807, 2.05) is 13.8 Å². The average Bonchev–Trinajstić information content (AvgIpc) is 2.64. The fourth-order valence-electron chi connectivity index (χ4n) is 3.23. The van der Waals surface area contributed by atoms with E-state index < -0.39 is 10.0 Å². The lowest BCUT2D eigenvalue weighted by molar-refractivity contribution is -0.136. The second kappa shape index (κ2) is 9.06. The second-order valence-corrected chi connectivity index (χ2v) is 8.56. The molecule has 26 heavy (non-hydrogen) atoms. The van der Waals surface area contributed by atoms with Gasteiger partial charge in [-0.1, -0.05) is 11.6 Å². The molecule has 8 heteroatoms. The lowest BCUT2D eigenvalue weighted by Crippen LogP contribution is -2.44. The highest BCUT2D eigenvalue weighted by molar-refractivity contribution is 7.89. The van der Waals surface area contributed by atoms with Crippen molar-refractivity contribution in [1.29, 1.82) is 0 Å². The second-order valence-electron chi connectivity index (χ2n) is 6.21. The predicted molar refractivity (Wildman–Crippen MR) is 102 cm³/mol. The predicted octanol–water partition coefficient (Wildman–Crippen LogP) is 3.01. The summed E-state index contributed by atoms with van der Waals surface area (Å²) in [6.07, 6.45) is 1.05. The maximum absolute atomic E-state index is 13.0. The summed E-state index contributed by atoms with van der Waals surface area (Å²) in [4.78, 5) is 14.4. The first-order valence-electron chi connectivity index (χ1n) is 9.06. The van der Waals surface area contributed by atoms with Crippen LogP contribution >= 0.6 is 11.6 Å². The first kappa shape index (κ1) is 21.0. The molecule has 0 aliphatic carbocycles. The van der Waals surface area contributed by atoms with Crippen LogP contribution in [0.15, 0.2) is 23.1 Å². The molecule has 1 heterocycles. The van der Waals surface area contributed by atoms with E-state index >= 15 is 0 Å². The molecule has 1 fully saturated rings. The van der Waals surface area contributed by atoms with Crippen LogP contribution < -0.4 is 4.74 Å². The van der Waals surface area contributed by atoms with Crippen LogP contribution in [0.4, 0.5) is 0 Å². The summed E-state index contributed by atoms with van der Waals surface area (Å²) in [5.41, 5.74) is 0. The summed E-state index contributed by atoms with van der Waals surface area (Å²) >= 11 is 6.00. The van der Waals surface area contributed by atoms with E-state index in [9.17, 15) is 13.2 Å². The van der Waals surface area contributed by atoms with Gasteiger partial charge in [-0.15, -0.1) is 0 Å². The molecule has 0 saturated carbocycles. The largest absolute Gasteiger partial charge is 0.492 e. The highest BCUT2D eigenvalue weighted by Crippen LogP contribution is 2.32. The minimum absolute atomic E-state index is 0.0837. The Morgan fingerprint density at radius 1 is 1.23 bits per heavy atom. The molecule has 1 amide bonds. The molecule has 1 saturated heterocycles. The molecule has 1 aliphatic heterocycles. The molecule has 6 nitrogen and oxygen atoms in total. The number of hydrogen-bond acceptors (Lipinski definition) is 4. The first-order valence-corrected chi connectivity index (χ1v) is 10.9. The van der Waals surface area contributed by atoms with E-state index in [0.29, 0.717) is 56.4 Å². The molecule has 146 valence electrons. The Morgan fingerprint density at radius 3 is 2.38 bits per heavy atom. The highest BCUT2D eigenvalue weighted by Gasteiger charge is 2.34. The maximum Gasteiger partial charge on any atom is 0.246 e. The third-order valence-corrected chi connectivity index (χ3v) is 6.86. The zero-order valence-corrected chi connectivity index (χ0v) is 17.1. The monoisotopic (exact) mass is 402 g/mol. The molecule has 2 rings (SSSR count). The van der Waals surface area contributed by atoms with E-state index in [1.165, 1.54) is 10.4 Å². The Morgan fingerprint density at radius 2 is 1.85 bits per heavy atom. The van der Waals surface area contributed by atoms with Crippen LogP contribution in [0.3, 0.4) is 0 Å². The summed E-state index contributed by atoms with van der Waals surface area (Å²) in [7, 11) is -3.72. The number of sulfonamides is 1.